The van der Waals surface area contributed by atoms with Crippen LogP contribution in [0.3, 0.4) is 0 Å². The van der Waals surface area contributed by atoms with E-state index >= 15 is 0 Å². The van der Waals surface area contributed by atoms with Gasteiger partial charge < -0.3 is 20.9 Å². The lowest BCUT2D eigenvalue weighted by atomic mass is 9.94. The second-order valence-electron chi connectivity index (χ2n) is 9.09. The van der Waals surface area contributed by atoms with Crippen LogP contribution in [-0.2, 0) is 17.6 Å². The molecule has 39 heavy (non-hydrogen) atoms. The number of aromatic nitrogens is 2. The average molecular weight is 543 g/mol. The summed E-state index contributed by atoms with van der Waals surface area (Å²) < 4.78 is 50.3. The van der Waals surface area contributed by atoms with Crippen LogP contribution in [0.15, 0.2) is 47.7 Å². The minimum absolute atomic E-state index is 0.0158. The Bertz CT molecular complexity index is 1380. The highest BCUT2D eigenvalue weighted by Gasteiger charge is 2.34. The van der Waals surface area contributed by atoms with Crippen LogP contribution >= 0.6 is 0 Å². The zero-order chi connectivity index (χ0) is 28.2. The van der Waals surface area contributed by atoms with Gasteiger partial charge in [0.05, 0.1) is 26.5 Å². The first-order chi connectivity index (χ1) is 18.6. The minimum atomic E-state index is -4.35. The van der Waals surface area contributed by atoms with Crippen LogP contribution in [0.25, 0.3) is 0 Å². The predicted molar refractivity (Wildman–Crippen MR) is 140 cm³/mol. The highest BCUT2D eigenvalue weighted by Crippen LogP contribution is 2.37. The summed E-state index contributed by atoms with van der Waals surface area (Å²) in [7, 11) is 3.00. The number of anilines is 2. The van der Waals surface area contributed by atoms with Gasteiger partial charge in [-0.3, -0.25) is 4.79 Å². The largest absolute Gasteiger partial charge is 0.493 e. The first-order valence-corrected chi connectivity index (χ1v) is 12.2. The number of nitrogens with two attached hydrogens (primary N) is 2. The quantitative estimate of drug-likeness (QED) is 0.409. The van der Waals surface area contributed by atoms with E-state index in [2.05, 4.69) is 15.1 Å². The molecular formula is C27H29F3N6O3. The van der Waals surface area contributed by atoms with Gasteiger partial charge in [-0.05, 0) is 41.2 Å². The molecule has 1 aromatic heterocycles. The monoisotopic (exact) mass is 542 g/mol. The van der Waals surface area contributed by atoms with E-state index in [1.54, 1.807) is 36.5 Å². The number of hydrogen-bond acceptors (Lipinski definition) is 8. The molecule has 4 N–H and O–H groups in total. The van der Waals surface area contributed by atoms with Gasteiger partial charge in [-0.2, -0.15) is 23.3 Å². The molecule has 206 valence electrons. The lowest BCUT2D eigenvalue weighted by molar-refractivity contribution is -0.144. The normalized spacial score (nSPS) is 14.7. The number of carbonyl (C=O) groups is 1. The molecule has 0 bridgehead atoms. The van der Waals surface area contributed by atoms with Gasteiger partial charge in [0.25, 0.3) is 0 Å². The first-order valence-electron chi connectivity index (χ1n) is 12.2. The molecule has 4 rings (SSSR count). The van der Waals surface area contributed by atoms with Crippen LogP contribution in [0.5, 0.6) is 11.5 Å². The van der Waals surface area contributed by atoms with Crippen molar-refractivity contribution in [1.29, 1.82) is 0 Å². The van der Waals surface area contributed by atoms with E-state index in [0.717, 1.165) is 10.6 Å². The number of nitrogens with zero attached hydrogens (tertiary/aromatic N) is 4. The molecule has 1 atom stereocenters. The molecule has 1 aliphatic rings. The molecule has 0 fully saturated rings. The fourth-order valence-electron chi connectivity index (χ4n) is 4.63. The predicted octanol–water partition coefficient (Wildman–Crippen LogP) is 4.44. The number of carbonyl (C=O) groups excluding carboxylic acids is 1. The number of amides is 1. The highest BCUT2D eigenvalue weighted by molar-refractivity contribution is 5.86. The van der Waals surface area contributed by atoms with Crippen LogP contribution < -0.4 is 20.9 Å². The van der Waals surface area contributed by atoms with Crippen LogP contribution in [0.1, 0.15) is 53.1 Å². The Labute approximate surface area is 223 Å². The molecule has 0 unspecified atom stereocenters. The van der Waals surface area contributed by atoms with Crippen molar-refractivity contribution in [2.75, 3.05) is 25.7 Å². The summed E-state index contributed by atoms with van der Waals surface area (Å²) in [6.07, 6.45) is -2.03. The number of hydrogen-bond donors (Lipinski definition) is 2. The molecule has 9 nitrogen and oxygen atoms in total. The number of fused-ring (bicyclic) bond motifs is 1. The number of benzene rings is 2. The number of ether oxygens (including phenoxy) is 2. The molecule has 0 aliphatic carbocycles. The summed E-state index contributed by atoms with van der Waals surface area (Å²) in [4.78, 5) is 21.3. The topological polar surface area (TPSA) is 129 Å². The molecule has 1 amide bonds. The van der Waals surface area contributed by atoms with Gasteiger partial charge in [0.15, 0.2) is 11.5 Å². The third kappa shape index (κ3) is 6.57. The number of hydrazone groups is 1. The summed E-state index contributed by atoms with van der Waals surface area (Å²) in [6.45, 7) is 0. The van der Waals surface area contributed by atoms with E-state index in [9.17, 15) is 18.0 Å². The molecule has 0 saturated carbocycles. The first kappa shape index (κ1) is 27.7. The van der Waals surface area contributed by atoms with Gasteiger partial charge in [0, 0.05) is 31.0 Å². The van der Waals surface area contributed by atoms with Crippen molar-refractivity contribution in [3.8, 4) is 11.5 Å². The van der Waals surface area contributed by atoms with E-state index < -0.39 is 24.5 Å². The maximum Gasteiger partial charge on any atom is 0.389 e. The lowest BCUT2D eigenvalue weighted by Gasteiger charge is -2.32. The molecule has 3 aromatic rings. The van der Waals surface area contributed by atoms with Crippen molar-refractivity contribution in [2.24, 2.45) is 5.10 Å². The van der Waals surface area contributed by atoms with Gasteiger partial charge >= 0.3 is 6.18 Å². The van der Waals surface area contributed by atoms with Crippen LogP contribution in [0, 0.1) is 0 Å². The van der Waals surface area contributed by atoms with Crippen molar-refractivity contribution in [3.63, 3.8) is 0 Å². The molecule has 0 saturated heterocycles. The van der Waals surface area contributed by atoms with E-state index in [4.69, 9.17) is 20.9 Å². The molecule has 1 aliphatic heterocycles. The number of halogens is 3. The van der Waals surface area contributed by atoms with Gasteiger partial charge in [-0.15, -0.1) is 0 Å². The second kappa shape index (κ2) is 11.6. The fraction of sp³-hybridized carbons (Fsp3) is 0.333. The minimum Gasteiger partial charge on any atom is -0.493 e. The Kier molecular flexibility index (Phi) is 8.22. The molecule has 2 aromatic carbocycles. The van der Waals surface area contributed by atoms with Crippen molar-refractivity contribution < 1.29 is 27.4 Å². The SMILES string of the molecule is COc1cc(Cc2cnc(N)nc2N)cc(CCC(=O)N2N=Cc3ccccc3[C@@H]2CCC(F)(F)F)c1OC. The summed E-state index contributed by atoms with van der Waals surface area (Å²) in [6, 6.07) is 9.84. The third-order valence-corrected chi connectivity index (χ3v) is 6.46. The van der Waals surface area contributed by atoms with E-state index in [0.29, 0.717) is 40.2 Å². The van der Waals surface area contributed by atoms with Crippen molar-refractivity contribution >= 4 is 23.9 Å². The van der Waals surface area contributed by atoms with E-state index in [-0.39, 0.29) is 31.0 Å². The summed E-state index contributed by atoms with van der Waals surface area (Å²) in [5.74, 6) is 0.828. The zero-order valence-corrected chi connectivity index (χ0v) is 21.5. The molecular weight excluding hydrogens is 513 g/mol. The highest BCUT2D eigenvalue weighted by atomic mass is 19.4. The van der Waals surface area contributed by atoms with Crippen molar-refractivity contribution in [2.45, 2.75) is 44.3 Å². The van der Waals surface area contributed by atoms with Crippen LogP contribution in [-0.4, -0.2) is 47.5 Å². The van der Waals surface area contributed by atoms with E-state index in [1.165, 1.54) is 20.4 Å². The Balaban J connectivity index is 1.57. The number of rotatable bonds is 9. The molecule has 12 heteroatoms. The maximum atomic E-state index is 13.3. The number of methoxy groups -OCH3 is 2. The van der Waals surface area contributed by atoms with E-state index in [1.807, 2.05) is 6.07 Å². The standard InChI is InChI=1S/C27H29F3N6O3/c1-38-22-13-16(12-19-14-33-26(32)35-25(19)31)11-17(24(22)39-2)7-8-23(37)36-21(9-10-27(28,29)30)20-6-4-3-5-18(20)15-34-36/h3-6,11,13-15,21H,7-10,12H2,1-2H3,(H4,31,32,33,35)/t21-/m0/s1. The molecule has 2 heterocycles. The zero-order valence-electron chi connectivity index (χ0n) is 21.5. The number of nitrogen functional groups attached to an aromatic ring is 2. The number of aryl methyl sites for hydroxylation is 1. The smallest absolute Gasteiger partial charge is 0.389 e. The van der Waals surface area contributed by atoms with Crippen molar-refractivity contribution in [1.82, 2.24) is 15.0 Å². The van der Waals surface area contributed by atoms with Gasteiger partial charge in [-0.25, -0.2) is 9.99 Å². The Morgan fingerprint density at radius 2 is 1.87 bits per heavy atom. The molecule has 0 radical (unpaired) electrons. The third-order valence-electron chi connectivity index (χ3n) is 6.46. The molecule has 0 spiro atoms. The maximum absolute atomic E-state index is 13.3. The summed E-state index contributed by atoms with van der Waals surface area (Å²) in [5.41, 5.74) is 15.1. The van der Waals surface area contributed by atoms with Gasteiger partial charge in [0.2, 0.25) is 11.9 Å². The summed E-state index contributed by atoms with van der Waals surface area (Å²) >= 11 is 0. The van der Waals surface area contributed by atoms with Crippen molar-refractivity contribution in [3.05, 3.63) is 70.4 Å². The van der Waals surface area contributed by atoms with Crippen LogP contribution in [0.4, 0.5) is 24.9 Å². The Morgan fingerprint density at radius 1 is 1.10 bits per heavy atom. The van der Waals surface area contributed by atoms with Gasteiger partial charge in [-0.1, -0.05) is 30.3 Å². The summed E-state index contributed by atoms with van der Waals surface area (Å²) in [5, 5.41) is 5.39. The average Bonchev–Trinajstić information content (AvgIpc) is 2.90. The fourth-order valence-corrected chi connectivity index (χ4v) is 4.63. The Morgan fingerprint density at radius 3 is 2.56 bits per heavy atom. The lowest BCUT2D eigenvalue weighted by Crippen LogP contribution is -2.34. The van der Waals surface area contributed by atoms with Crippen LogP contribution in [0.2, 0.25) is 0 Å². The second-order valence-corrected chi connectivity index (χ2v) is 9.09. The number of alkyl halides is 3. The Hall–Kier alpha value is -4.35. The van der Waals surface area contributed by atoms with Gasteiger partial charge in [0.1, 0.15) is 5.82 Å².